The highest BCUT2D eigenvalue weighted by molar-refractivity contribution is 7.99. The van der Waals surface area contributed by atoms with Crippen molar-refractivity contribution in [3.05, 3.63) is 29.8 Å². The van der Waals surface area contributed by atoms with Gasteiger partial charge in [0.15, 0.2) is 0 Å². The van der Waals surface area contributed by atoms with Crippen molar-refractivity contribution in [2.24, 2.45) is 0 Å². The zero-order valence-electron chi connectivity index (χ0n) is 11.4. The first-order valence-electron chi connectivity index (χ1n) is 6.92. The lowest BCUT2D eigenvalue weighted by atomic mass is 10.0. The van der Waals surface area contributed by atoms with Crippen molar-refractivity contribution in [1.82, 2.24) is 5.32 Å². The molecular weight excluding hydrogens is 258 g/mol. The van der Waals surface area contributed by atoms with E-state index in [-0.39, 0.29) is 5.97 Å². The van der Waals surface area contributed by atoms with Crippen LogP contribution in [0.1, 0.15) is 37.8 Å². The summed E-state index contributed by atoms with van der Waals surface area (Å²) in [6.07, 6.45) is 2.50. The minimum Gasteiger partial charge on any atom is -0.466 e. The Balaban J connectivity index is 1.77. The van der Waals surface area contributed by atoms with E-state index >= 15 is 0 Å². The maximum absolute atomic E-state index is 11.2. The van der Waals surface area contributed by atoms with Gasteiger partial charge >= 0.3 is 5.97 Å². The number of ether oxygens (including phenoxy) is 1. The number of thioether (sulfide) groups is 1. The molecule has 0 spiro atoms. The molecule has 0 amide bonds. The Morgan fingerprint density at radius 3 is 3.16 bits per heavy atom. The van der Waals surface area contributed by atoms with Gasteiger partial charge in [-0.05, 0) is 43.7 Å². The standard InChI is InChI=1S/C15H21NO2S/c1-2-18-15(17)8-5-10-16-13-9-11-19-14-7-4-3-6-12(13)14/h3-4,6-7,13,16H,2,5,8-11H2,1H3. The Morgan fingerprint density at radius 2 is 2.32 bits per heavy atom. The predicted molar refractivity (Wildman–Crippen MR) is 78.4 cm³/mol. The number of rotatable bonds is 6. The minimum absolute atomic E-state index is 0.0936. The second-order valence-electron chi connectivity index (χ2n) is 4.59. The first-order chi connectivity index (χ1) is 9.31. The molecule has 0 aliphatic carbocycles. The molecule has 19 heavy (non-hydrogen) atoms. The highest BCUT2D eigenvalue weighted by atomic mass is 32.2. The van der Waals surface area contributed by atoms with Crippen LogP contribution in [0, 0.1) is 0 Å². The zero-order chi connectivity index (χ0) is 13.5. The molecule has 0 bridgehead atoms. The van der Waals surface area contributed by atoms with Gasteiger partial charge in [0, 0.05) is 17.4 Å². The van der Waals surface area contributed by atoms with E-state index < -0.39 is 0 Å². The van der Waals surface area contributed by atoms with Gasteiger partial charge in [-0.15, -0.1) is 11.8 Å². The van der Waals surface area contributed by atoms with Gasteiger partial charge in [0.1, 0.15) is 0 Å². The predicted octanol–water partition coefficient (Wildman–Crippen LogP) is 3.16. The Morgan fingerprint density at radius 1 is 1.47 bits per heavy atom. The number of fused-ring (bicyclic) bond motifs is 1. The van der Waals surface area contributed by atoms with Gasteiger partial charge < -0.3 is 10.1 Å². The second-order valence-corrected chi connectivity index (χ2v) is 5.73. The van der Waals surface area contributed by atoms with Crippen LogP contribution in [0.2, 0.25) is 0 Å². The number of carbonyl (C=O) groups is 1. The van der Waals surface area contributed by atoms with Crippen molar-refractivity contribution in [1.29, 1.82) is 0 Å². The smallest absolute Gasteiger partial charge is 0.305 e. The van der Waals surface area contributed by atoms with Crippen LogP contribution in [-0.4, -0.2) is 24.9 Å². The molecule has 104 valence electrons. The Labute approximate surface area is 119 Å². The SMILES string of the molecule is CCOC(=O)CCCNC1CCSc2ccccc21. The average molecular weight is 279 g/mol. The summed E-state index contributed by atoms with van der Waals surface area (Å²) in [6.45, 7) is 3.18. The molecule has 0 radical (unpaired) electrons. The molecule has 1 aliphatic heterocycles. The van der Waals surface area contributed by atoms with Crippen molar-refractivity contribution in [2.45, 2.75) is 37.1 Å². The molecule has 1 aromatic rings. The summed E-state index contributed by atoms with van der Waals surface area (Å²) < 4.78 is 4.92. The molecule has 4 heteroatoms. The number of benzene rings is 1. The fourth-order valence-corrected chi connectivity index (χ4v) is 3.42. The van der Waals surface area contributed by atoms with E-state index in [4.69, 9.17) is 4.74 Å². The number of nitrogens with one attached hydrogen (secondary N) is 1. The van der Waals surface area contributed by atoms with E-state index in [1.165, 1.54) is 10.5 Å². The lowest BCUT2D eigenvalue weighted by Gasteiger charge is -2.25. The molecular formula is C15H21NO2S. The van der Waals surface area contributed by atoms with Crippen LogP contribution in [-0.2, 0) is 9.53 Å². The number of hydrogen-bond donors (Lipinski definition) is 1. The molecule has 0 aromatic heterocycles. The Kier molecular flexibility index (Phi) is 5.73. The van der Waals surface area contributed by atoms with Gasteiger partial charge in [-0.25, -0.2) is 0 Å². The monoisotopic (exact) mass is 279 g/mol. The van der Waals surface area contributed by atoms with Crippen LogP contribution in [0.15, 0.2) is 29.2 Å². The number of carbonyl (C=O) groups excluding carboxylic acids is 1. The molecule has 3 nitrogen and oxygen atoms in total. The van der Waals surface area contributed by atoms with Crippen molar-refractivity contribution in [2.75, 3.05) is 18.9 Å². The molecule has 1 aliphatic rings. The third-order valence-corrected chi connectivity index (χ3v) is 4.33. The quantitative estimate of drug-likeness (QED) is 0.641. The van der Waals surface area contributed by atoms with Gasteiger partial charge in [0.2, 0.25) is 0 Å². The third-order valence-electron chi connectivity index (χ3n) is 3.21. The van der Waals surface area contributed by atoms with E-state index in [9.17, 15) is 4.79 Å². The van der Waals surface area contributed by atoms with Crippen molar-refractivity contribution < 1.29 is 9.53 Å². The molecule has 0 saturated heterocycles. The Hall–Kier alpha value is -1.00. The van der Waals surface area contributed by atoms with E-state index in [1.807, 2.05) is 18.7 Å². The van der Waals surface area contributed by atoms with Gasteiger partial charge in [-0.2, -0.15) is 0 Å². The fraction of sp³-hybridized carbons (Fsp3) is 0.533. The van der Waals surface area contributed by atoms with Gasteiger partial charge in [0.25, 0.3) is 0 Å². The van der Waals surface area contributed by atoms with Crippen LogP contribution in [0.3, 0.4) is 0 Å². The summed E-state index contributed by atoms with van der Waals surface area (Å²) in [5.41, 5.74) is 1.40. The normalized spacial score (nSPS) is 17.8. The second kappa shape index (κ2) is 7.56. The lowest BCUT2D eigenvalue weighted by Crippen LogP contribution is -2.26. The van der Waals surface area contributed by atoms with E-state index in [0.717, 1.165) is 25.1 Å². The highest BCUT2D eigenvalue weighted by Gasteiger charge is 2.19. The number of esters is 1. The van der Waals surface area contributed by atoms with Crippen molar-refractivity contribution >= 4 is 17.7 Å². The molecule has 1 heterocycles. The van der Waals surface area contributed by atoms with Gasteiger partial charge in [-0.3, -0.25) is 4.79 Å². The van der Waals surface area contributed by atoms with Crippen molar-refractivity contribution in [3.63, 3.8) is 0 Å². The largest absolute Gasteiger partial charge is 0.466 e. The molecule has 0 saturated carbocycles. The van der Waals surface area contributed by atoms with E-state index in [1.54, 1.807) is 0 Å². The summed E-state index contributed by atoms with van der Waals surface area (Å²) >= 11 is 1.93. The molecule has 1 N–H and O–H groups in total. The van der Waals surface area contributed by atoms with Crippen LogP contribution < -0.4 is 5.32 Å². The maximum atomic E-state index is 11.2. The average Bonchev–Trinajstić information content (AvgIpc) is 2.44. The Bertz CT molecular complexity index is 422. The first-order valence-corrected chi connectivity index (χ1v) is 7.90. The molecule has 1 unspecified atom stereocenters. The minimum atomic E-state index is -0.0936. The van der Waals surface area contributed by atoms with E-state index in [0.29, 0.717) is 19.1 Å². The molecule has 0 fully saturated rings. The molecule has 2 rings (SSSR count). The summed E-state index contributed by atoms with van der Waals surface area (Å²) in [4.78, 5) is 12.6. The van der Waals surface area contributed by atoms with Crippen LogP contribution >= 0.6 is 11.8 Å². The lowest BCUT2D eigenvalue weighted by molar-refractivity contribution is -0.143. The van der Waals surface area contributed by atoms with Crippen LogP contribution in [0.5, 0.6) is 0 Å². The zero-order valence-corrected chi connectivity index (χ0v) is 12.2. The van der Waals surface area contributed by atoms with Gasteiger partial charge in [-0.1, -0.05) is 18.2 Å². The first kappa shape index (κ1) is 14.4. The summed E-state index contributed by atoms with van der Waals surface area (Å²) in [7, 11) is 0. The molecule has 1 atom stereocenters. The molecule has 1 aromatic carbocycles. The summed E-state index contributed by atoms with van der Waals surface area (Å²) in [6, 6.07) is 9.00. The topological polar surface area (TPSA) is 38.3 Å². The van der Waals surface area contributed by atoms with Crippen molar-refractivity contribution in [3.8, 4) is 0 Å². The van der Waals surface area contributed by atoms with E-state index in [2.05, 4.69) is 29.6 Å². The summed E-state index contributed by atoms with van der Waals surface area (Å²) in [5.74, 6) is 1.07. The highest BCUT2D eigenvalue weighted by Crippen LogP contribution is 2.35. The third kappa shape index (κ3) is 4.25. The summed E-state index contributed by atoms with van der Waals surface area (Å²) in [5, 5.41) is 3.55. The van der Waals surface area contributed by atoms with Crippen LogP contribution in [0.4, 0.5) is 0 Å². The fourth-order valence-electron chi connectivity index (χ4n) is 2.30. The van der Waals surface area contributed by atoms with Crippen LogP contribution in [0.25, 0.3) is 0 Å². The number of hydrogen-bond acceptors (Lipinski definition) is 4. The van der Waals surface area contributed by atoms with Gasteiger partial charge in [0.05, 0.1) is 6.61 Å². The maximum Gasteiger partial charge on any atom is 0.305 e.